The molecule has 1 aromatic heterocycles. The molecule has 1 N–H and O–H groups in total. The molecule has 0 aromatic carbocycles. The van der Waals surface area contributed by atoms with Gasteiger partial charge in [-0.2, -0.15) is 11.3 Å². The SMILES string of the molecule is O=C(O)CSCC(=O)N1CCN(C(=O)c2ccsc2)CC1. The fourth-order valence-corrected chi connectivity index (χ4v) is 3.31. The van der Waals surface area contributed by atoms with Crippen LogP contribution in [0.25, 0.3) is 0 Å². The minimum atomic E-state index is -0.918. The van der Waals surface area contributed by atoms with Gasteiger partial charge in [0.2, 0.25) is 5.91 Å². The van der Waals surface area contributed by atoms with Gasteiger partial charge in [-0.15, -0.1) is 11.8 Å². The molecule has 114 valence electrons. The van der Waals surface area contributed by atoms with E-state index in [4.69, 9.17) is 5.11 Å². The van der Waals surface area contributed by atoms with Gasteiger partial charge in [0.1, 0.15) is 0 Å². The first-order chi connectivity index (χ1) is 10.1. The Morgan fingerprint density at radius 2 is 1.81 bits per heavy atom. The van der Waals surface area contributed by atoms with E-state index in [0.717, 1.165) is 11.8 Å². The van der Waals surface area contributed by atoms with Gasteiger partial charge >= 0.3 is 5.97 Å². The van der Waals surface area contributed by atoms with Crippen LogP contribution in [-0.4, -0.2) is 70.4 Å². The highest BCUT2D eigenvalue weighted by Crippen LogP contribution is 2.12. The molecule has 1 fully saturated rings. The van der Waals surface area contributed by atoms with Crippen molar-refractivity contribution in [2.45, 2.75) is 0 Å². The molecule has 0 unspecified atom stereocenters. The molecule has 0 saturated carbocycles. The zero-order chi connectivity index (χ0) is 15.2. The van der Waals surface area contributed by atoms with Gasteiger partial charge in [-0.3, -0.25) is 14.4 Å². The van der Waals surface area contributed by atoms with Crippen LogP contribution in [0.5, 0.6) is 0 Å². The summed E-state index contributed by atoms with van der Waals surface area (Å²) in [6.07, 6.45) is 0. The third-order valence-electron chi connectivity index (χ3n) is 3.14. The molecular weight excluding hydrogens is 312 g/mol. The lowest BCUT2D eigenvalue weighted by molar-refractivity contribution is -0.133. The summed E-state index contributed by atoms with van der Waals surface area (Å²) in [5, 5.41) is 12.2. The molecule has 2 heterocycles. The summed E-state index contributed by atoms with van der Waals surface area (Å²) in [4.78, 5) is 37.9. The van der Waals surface area contributed by atoms with Crippen LogP contribution in [0.4, 0.5) is 0 Å². The lowest BCUT2D eigenvalue weighted by Crippen LogP contribution is -2.51. The smallest absolute Gasteiger partial charge is 0.313 e. The number of nitrogens with zero attached hydrogens (tertiary/aromatic N) is 2. The number of amides is 2. The van der Waals surface area contributed by atoms with Gasteiger partial charge in [0.05, 0.1) is 17.1 Å². The maximum absolute atomic E-state index is 12.1. The monoisotopic (exact) mass is 328 g/mol. The molecule has 1 aromatic rings. The van der Waals surface area contributed by atoms with Crippen LogP contribution in [0.15, 0.2) is 16.8 Å². The maximum atomic E-state index is 12.1. The van der Waals surface area contributed by atoms with Gasteiger partial charge in [0.15, 0.2) is 0 Å². The number of thiophene rings is 1. The van der Waals surface area contributed by atoms with E-state index >= 15 is 0 Å². The second-order valence-electron chi connectivity index (χ2n) is 4.57. The number of carbonyl (C=O) groups excluding carboxylic acids is 2. The number of aliphatic carboxylic acids is 1. The first kappa shape index (κ1) is 15.8. The minimum Gasteiger partial charge on any atom is -0.481 e. The number of carboxylic acids is 1. The van der Waals surface area contributed by atoms with Crippen molar-refractivity contribution < 1.29 is 19.5 Å². The van der Waals surface area contributed by atoms with Crippen LogP contribution in [0.3, 0.4) is 0 Å². The van der Waals surface area contributed by atoms with Gasteiger partial charge in [-0.05, 0) is 11.4 Å². The van der Waals surface area contributed by atoms with E-state index < -0.39 is 5.97 Å². The minimum absolute atomic E-state index is 0.00333. The van der Waals surface area contributed by atoms with Gasteiger partial charge in [-0.1, -0.05) is 0 Å². The van der Waals surface area contributed by atoms with Crippen molar-refractivity contribution in [3.05, 3.63) is 22.4 Å². The summed E-state index contributed by atoms with van der Waals surface area (Å²) in [7, 11) is 0. The largest absolute Gasteiger partial charge is 0.481 e. The van der Waals surface area contributed by atoms with Gasteiger partial charge < -0.3 is 14.9 Å². The number of carbonyl (C=O) groups is 3. The molecular formula is C13H16N2O4S2. The third-order valence-corrected chi connectivity index (χ3v) is 4.72. The average molecular weight is 328 g/mol. The van der Waals surface area contributed by atoms with E-state index in [1.165, 1.54) is 11.3 Å². The Bertz CT molecular complexity index is 510. The molecule has 8 heteroatoms. The predicted octanol–water partition coefficient (Wildman–Crippen LogP) is 0.850. The summed E-state index contributed by atoms with van der Waals surface area (Å²) in [5.41, 5.74) is 0.691. The Kier molecular flexibility index (Phi) is 5.63. The van der Waals surface area contributed by atoms with Crippen LogP contribution in [0, 0.1) is 0 Å². The number of carboxylic acid groups (broad SMARTS) is 1. The van der Waals surface area contributed by atoms with E-state index in [1.54, 1.807) is 15.9 Å². The van der Waals surface area contributed by atoms with Gasteiger partial charge in [0, 0.05) is 31.6 Å². The lowest BCUT2D eigenvalue weighted by atomic mass is 10.2. The number of hydrogen-bond donors (Lipinski definition) is 1. The molecule has 21 heavy (non-hydrogen) atoms. The Morgan fingerprint density at radius 1 is 1.14 bits per heavy atom. The molecule has 0 radical (unpaired) electrons. The Balaban J connectivity index is 1.76. The van der Waals surface area contributed by atoms with E-state index in [-0.39, 0.29) is 23.3 Å². The fourth-order valence-electron chi connectivity index (χ4n) is 2.04. The van der Waals surface area contributed by atoms with Crippen molar-refractivity contribution in [2.24, 2.45) is 0 Å². The summed E-state index contributed by atoms with van der Waals surface area (Å²) in [6, 6.07) is 1.80. The first-order valence-corrected chi connectivity index (χ1v) is 8.56. The summed E-state index contributed by atoms with van der Waals surface area (Å²) < 4.78 is 0. The maximum Gasteiger partial charge on any atom is 0.313 e. The number of rotatable bonds is 5. The van der Waals surface area contributed by atoms with E-state index in [1.807, 2.05) is 10.8 Å². The van der Waals surface area contributed by atoms with E-state index in [0.29, 0.717) is 31.7 Å². The lowest BCUT2D eigenvalue weighted by Gasteiger charge is -2.34. The van der Waals surface area contributed by atoms with Crippen LogP contribution < -0.4 is 0 Å². The molecule has 0 spiro atoms. The average Bonchev–Trinajstić information content (AvgIpc) is 3.00. The normalized spacial score (nSPS) is 15.0. The highest BCUT2D eigenvalue weighted by molar-refractivity contribution is 8.00. The van der Waals surface area contributed by atoms with Gasteiger partial charge in [0.25, 0.3) is 5.91 Å². The Labute approximate surface area is 130 Å². The highest BCUT2D eigenvalue weighted by Gasteiger charge is 2.24. The zero-order valence-electron chi connectivity index (χ0n) is 11.4. The number of thioether (sulfide) groups is 1. The molecule has 0 bridgehead atoms. The van der Waals surface area contributed by atoms with Crippen LogP contribution >= 0.6 is 23.1 Å². The van der Waals surface area contributed by atoms with Crippen molar-refractivity contribution >= 4 is 40.9 Å². The third kappa shape index (κ3) is 4.47. The van der Waals surface area contributed by atoms with Crippen LogP contribution in [0.2, 0.25) is 0 Å². The molecule has 2 rings (SSSR count). The van der Waals surface area contributed by atoms with E-state index in [2.05, 4.69) is 0 Å². The fraction of sp³-hybridized carbons (Fsp3) is 0.462. The van der Waals surface area contributed by atoms with Crippen molar-refractivity contribution in [3.8, 4) is 0 Å². The first-order valence-electron chi connectivity index (χ1n) is 6.46. The predicted molar refractivity (Wildman–Crippen MR) is 81.8 cm³/mol. The highest BCUT2D eigenvalue weighted by atomic mass is 32.2. The van der Waals surface area contributed by atoms with Gasteiger partial charge in [-0.25, -0.2) is 0 Å². The van der Waals surface area contributed by atoms with Crippen molar-refractivity contribution in [1.82, 2.24) is 9.80 Å². The van der Waals surface area contributed by atoms with Crippen molar-refractivity contribution in [2.75, 3.05) is 37.7 Å². The van der Waals surface area contributed by atoms with Crippen molar-refractivity contribution in [3.63, 3.8) is 0 Å². The van der Waals surface area contributed by atoms with Crippen LogP contribution in [0.1, 0.15) is 10.4 Å². The topological polar surface area (TPSA) is 77.9 Å². The second-order valence-corrected chi connectivity index (χ2v) is 6.34. The molecule has 0 atom stereocenters. The molecule has 1 aliphatic heterocycles. The Morgan fingerprint density at radius 3 is 2.38 bits per heavy atom. The van der Waals surface area contributed by atoms with Crippen molar-refractivity contribution in [1.29, 1.82) is 0 Å². The standard InChI is InChI=1S/C13H16N2O4S2/c16-11(8-21-9-12(17)18)14-2-4-15(5-3-14)13(19)10-1-6-20-7-10/h1,6-7H,2-5,8-9H2,(H,17,18). The van der Waals surface area contributed by atoms with Crippen LogP contribution in [-0.2, 0) is 9.59 Å². The molecule has 0 aliphatic carbocycles. The molecule has 2 amide bonds. The Hall–Kier alpha value is -1.54. The second kappa shape index (κ2) is 7.46. The summed E-state index contributed by atoms with van der Waals surface area (Å²) in [6.45, 7) is 2.04. The number of hydrogen-bond acceptors (Lipinski definition) is 5. The molecule has 1 saturated heterocycles. The summed E-state index contributed by atoms with van der Waals surface area (Å²) >= 11 is 2.58. The zero-order valence-corrected chi connectivity index (χ0v) is 13.0. The molecule has 1 aliphatic rings. The summed E-state index contributed by atoms with van der Waals surface area (Å²) in [5.74, 6) is -0.876. The quantitative estimate of drug-likeness (QED) is 0.867. The molecule has 6 nitrogen and oxygen atoms in total. The number of piperazine rings is 1. The van der Waals surface area contributed by atoms with E-state index in [9.17, 15) is 14.4 Å².